The third-order valence-corrected chi connectivity index (χ3v) is 3.41. The van der Waals surface area contributed by atoms with Crippen LogP contribution in [0.3, 0.4) is 0 Å². The van der Waals surface area contributed by atoms with Crippen molar-refractivity contribution in [3.05, 3.63) is 0 Å². The lowest BCUT2D eigenvalue weighted by molar-refractivity contribution is -0.139. The van der Waals surface area contributed by atoms with Crippen molar-refractivity contribution in [1.29, 1.82) is 0 Å². The molecule has 0 spiro atoms. The molecule has 3 N–H and O–H groups in total. The van der Waals surface area contributed by atoms with Crippen molar-refractivity contribution >= 4 is 5.97 Å². The summed E-state index contributed by atoms with van der Waals surface area (Å²) in [5.41, 5.74) is 0.276. The standard InChI is InChI=1S/C10H18N2O2/c1-9(2-3-9)5-12-10(4-8(13)14)6-11-7-10/h11-12H,2-7H2,1H3,(H,13,14). The van der Waals surface area contributed by atoms with Crippen molar-refractivity contribution in [2.75, 3.05) is 19.6 Å². The molecular formula is C10H18N2O2. The monoisotopic (exact) mass is 198 g/mol. The number of aliphatic carboxylic acids is 1. The Kier molecular flexibility index (Phi) is 2.27. The molecule has 1 saturated carbocycles. The van der Waals surface area contributed by atoms with Gasteiger partial charge in [0.15, 0.2) is 0 Å². The molecule has 1 aliphatic carbocycles. The van der Waals surface area contributed by atoms with Gasteiger partial charge in [-0.15, -0.1) is 0 Å². The molecule has 1 saturated heterocycles. The SMILES string of the molecule is CC1(CNC2(CC(=O)O)CNC2)CC1. The summed E-state index contributed by atoms with van der Waals surface area (Å²) in [6.07, 6.45) is 2.78. The molecule has 0 aromatic heterocycles. The summed E-state index contributed by atoms with van der Waals surface area (Å²) in [5, 5.41) is 15.4. The van der Waals surface area contributed by atoms with Crippen LogP contribution < -0.4 is 10.6 Å². The third kappa shape index (κ3) is 2.07. The van der Waals surface area contributed by atoms with Gasteiger partial charge in [-0.25, -0.2) is 0 Å². The van der Waals surface area contributed by atoms with Crippen LogP contribution in [0.5, 0.6) is 0 Å². The largest absolute Gasteiger partial charge is 0.481 e. The highest BCUT2D eigenvalue weighted by atomic mass is 16.4. The third-order valence-electron chi connectivity index (χ3n) is 3.41. The molecule has 1 heterocycles. The average Bonchev–Trinajstić information content (AvgIpc) is 2.74. The normalized spacial score (nSPS) is 26.6. The van der Waals surface area contributed by atoms with Gasteiger partial charge in [0.2, 0.25) is 0 Å². The Bertz CT molecular complexity index is 245. The Hall–Kier alpha value is -0.610. The van der Waals surface area contributed by atoms with Crippen LogP contribution in [0.2, 0.25) is 0 Å². The highest BCUT2D eigenvalue weighted by molar-refractivity contribution is 5.68. The van der Waals surface area contributed by atoms with Gasteiger partial charge in [0.1, 0.15) is 0 Å². The lowest BCUT2D eigenvalue weighted by Crippen LogP contribution is -2.69. The molecule has 0 aromatic carbocycles. The first-order chi connectivity index (χ1) is 6.54. The van der Waals surface area contributed by atoms with E-state index in [4.69, 9.17) is 5.11 Å². The van der Waals surface area contributed by atoms with Crippen LogP contribution in [-0.4, -0.2) is 36.2 Å². The van der Waals surface area contributed by atoms with Gasteiger partial charge in [-0.1, -0.05) is 6.92 Å². The number of carbonyl (C=O) groups is 1. The van der Waals surface area contributed by atoms with E-state index >= 15 is 0 Å². The molecule has 0 bridgehead atoms. The van der Waals surface area contributed by atoms with Crippen LogP contribution >= 0.6 is 0 Å². The number of nitrogens with one attached hydrogen (secondary N) is 2. The summed E-state index contributed by atoms with van der Waals surface area (Å²) in [6.45, 7) is 4.79. The van der Waals surface area contributed by atoms with Gasteiger partial charge in [0.05, 0.1) is 12.0 Å². The molecule has 1 aliphatic heterocycles. The Balaban J connectivity index is 1.82. The molecule has 0 atom stereocenters. The predicted octanol–water partition coefficient (Wildman–Crippen LogP) is 0.193. The number of carboxylic acids is 1. The zero-order valence-electron chi connectivity index (χ0n) is 8.60. The minimum Gasteiger partial charge on any atom is -0.481 e. The van der Waals surface area contributed by atoms with Crippen LogP contribution in [0, 0.1) is 5.41 Å². The zero-order valence-corrected chi connectivity index (χ0v) is 8.60. The summed E-state index contributed by atoms with van der Waals surface area (Å²) >= 11 is 0. The van der Waals surface area contributed by atoms with Crippen LogP contribution in [-0.2, 0) is 4.79 Å². The maximum absolute atomic E-state index is 10.7. The zero-order chi connectivity index (χ0) is 10.2. The molecule has 80 valence electrons. The minimum absolute atomic E-state index is 0.169. The average molecular weight is 198 g/mol. The maximum Gasteiger partial charge on any atom is 0.305 e. The fourth-order valence-corrected chi connectivity index (χ4v) is 1.82. The minimum atomic E-state index is -0.708. The van der Waals surface area contributed by atoms with Crippen molar-refractivity contribution in [1.82, 2.24) is 10.6 Å². The maximum atomic E-state index is 10.7. The van der Waals surface area contributed by atoms with Crippen LogP contribution in [0.1, 0.15) is 26.2 Å². The molecule has 0 radical (unpaired) electrons. The second-order valence-corrected chi connectivity index (χ2v) is 5.12. The Labute approximate surface area is 84.1 Å². The Morgan fingerprint density at radius 1 is 1.50 bits per heavy atom. The van der Waals surface area contributed by atoms with Crippen molar-refractivity contribution in [3.8, 4) is 0 Å². The Morgan fingerprint density at radius 2 is 2.14 bits per heavy atom. The van der Waals surface area contributed by atoms with Crippen LogP contribution in [0.25, 0.3) is 0 Å². The van der Waals surface area contributed by atoms with E-state index in [9.17, 15) is 4.79 Å². The summed E-state index contributed by atoms with van der Waals surface area (Å²) < 4.78 is 0. The van der Waals surface area contributed by atoms with E-state index in [-0.39, 0.29) is 12.0 Å². The van der Waals surface area contributed by atoms with E-state index in [1.165, 1.54) is 12.8 Å². The lowest BCUT2D eigenvalue weighted by Gasteiger charge is -2.43. The molecule has 2 fully saturated rings. The second kappa shape index (κ2) is 3.21. The lowest BCUT2D eigenvalue weighted by atomic mass is 9.88. The molecule has 0 amide bonds. The van der Waals surface area contributed by atoms with Gasteiger partial charge < -0.3 is 15.7 Å². The number of carboxylic acid groups (broad SMARTS) is 1. The van der Waals surface area contributed by atoms with Gasteiger partial charge >= 0.3 is 5.97 Å². The van der Waals surface area contributed by atoms with E-state index in [0.29, 0.717) is 5.41 Å². The first kappa shape index (κ1) is 9.93. The Morgan fingerprint density at radius 3 is 2.50 bits per heavy atom. The predicted molar refractivity (Wildman–Crippen MR) is 53.2 cm³/mol. The molecule has 4 nitrogen and oxygen atoms in total. The van der Waals surface area contributed by atoms with Crippen molar-refractivity contribution in [2.45, 2.75) is 31.7 Å². The van der Waals surface area contributed by atoms with E-state index in [1.807, 2.05) is 0 Å². The highest BCUT2D eigenvalue weighted by Crippen LogP contribution is 2.44. The summed E-state index contributed by atoms with van der Waals surface area (Å²) in [6, 6.07) is 0. The van der Waals surface area contributed by atoms with Crippen LogP contribution in [0.15, 0.2) is 0 Å². The van der Waals surface area contributed by atoms with Gasteiger partial charge in [0.25, 0.3) is 0 Å². The molecule has 2 aliphatic rings. The topological polar surface area (TPSA) is 61.4 Å². The highest BCUT2D eigenvalue weighted by Gasteiger charge is 2.43. The van der Waals surface area contributed by atoms with Crippen molar-refractivity contribution in [2.24, 2.45) is 5.41 Å². The van der Waals surface area contributed by atoms with Crippen molar-refractivity contribution in [3.63, 3.8) is 0 Å². The number of hydrogen-bond donors (Lipinski definition) is 3. The molecule has 0 unspecified atom stereocenters. The van der Waals surface area contributed by atoms with Gasteiger partial charge in [-0.05, 0) is 18.3 Å². The van der Waals surface area contributed by atoms with Gasteiger partial charge in [-0.3, -0.25) is 4.79 Å². The summed E-state index contributed by atoms with van der Waals surface area (Å²) in [4.78, 5) is 10.7. The molecule has 0 aromatic rings. The first-order valence-electron chi connectivity index (χ1n) is 5.21. The second-order valence-electron chi connectivity index (χ2n) is 5.12. The van der Waals surface area contributed by atoms with E-state index in [2.05, 4.69) is 17.6 Å². The van der Waals surface area contributed by atoms with Crippen LogP contribution in [0.4, 0.5) is 0 Å². The number of hydrogen-bond acceptors (Lipinski definition) is 3. The molecule has 14 heavy (non-hydrogen) atoms. The van der Waals surface area contributed by atoms with E-state index < -0.39 is 5.97 Å². The quantitative estimate of drug-likeness (QED) is 0.590. The molecule has 4 heteroatoms. The van der Waals surface area contributed by atoms with Gasteiger partial charge in [0, 0.05) is 19.6 Å². The van der Waals surface area contributed by atoms with Crippen molar-refractivity contribution < 1.29 is 9.90 Å². The van der Waals surface area contributed by atoms with E-state index in [0.717, 1.165) is 19.6 Å². The summed E-state index contributed by atoms with van der Waals surface area (Å²) in [5.74, 6) is -0.708. The smallest absolute Gasteiger partial charge is 0.305 e. The molecule has 2 rings (SSSR count). The fourth-order valence-electron chi connectivity index (χ4n) is 1.82. The molecular weight excluding hydrogens is 180 g/mol. The van der Waals surface area contributed by atoms with E-state index in [1.54, 1.807) is 0 Å². The van der Waals surface area contributed by atoms with Gasteiger partial charge in [-0.2, -0.15) is 0 Å². The first-order valence-corrected chi connectivity index (χ1v) is 5.21. The number of rotatable bonds is 5. The summed E-state index contributed by atoms with van der Waals surface area (Å²) in [7, 11) is 0. The fraction of sp³-hybridized carbons (Fsp3) is 0.900.